The zero-order chi connectivity index (χ0) is 22.5. The molecule has 1 atom stereocenters. The normalized spacial score (nSPS) is 12.5. The van der Waals surface area contributed by atoms with E-state index in [1.165, 1.54) is 0 Å². The molecule has 3 rings (SSSR count). The zero-order valence-corrected chi connectivity index (χ0v) is 16.3. The molecule has 0 saturated carbocycles. The Balaban J connectivity index is 0.000000396. The highest BCUT2D eigenvalue weighted by atomic mass is 19.4. The largest absolute Gasteiger partial charge is 0.508 e. The second kappa shape index (κ2) is 9.59. The topological polar surface area (TPSA) is 98.3 Å². The van der Waals surface area contributed by atoms with Crippen LogP contribution in [-0.4, -0.2) is 55.6 Å². The van der Waals surface area contributed by atoms with Crippen molar-refractivity contribution in [3.05, 3.63) is 65.5 Å². The SMILES string of the molecule is Cc1cc(C(O)CN(C)Cc2cc3ccccn3n2)ccc1O.O=C(O)C(F)(F)F. The molecule has 0 amide bonds. The molecule has 3 N–H and O–H groups in total. The first-order valence-corrected chi connectivity index (χ1v) is 8.87. The minimum atomic E-state index is -5.08. The number of pyridine rings is 1. The van der Waals surface area contributed by atoms with Gasteiger partial charge in [-0.15, -0.1) is 0 Å². The van der Waals surface area contributed by atoms with Crippen LogP contribution in [0.1, 0.15) is 22.9 Å². The Bertz CT molecular complexity index is 971. The number of aliphatic hydroxyl groups is 1. The number of phenols is 1. The van der Waals surface area contributed by atoms with Crippen LogP contribution < -0.4 is 0 Å². The van der Waals surface area contributed by atoms with E-state index in [9.17, 15) is 23.4 Å². The lowest BCUT2D eigenvalue weighted by Crippen LogP contribution is -2.24. The number of carbonyl (C=O) groups is 1. The molecule has 0 spiro atoms. The quantitative estimate of drug-likeness (QED) is 0.581. The van der Waals surface area contributed by atoms with E-state index in [-0.39, 0.29) is 5.75 Å². The number of aliphatic hydroxyl groups excluding tert-OH is 1. The number of phenolic OH excluding ortho intramolecular Hbond substituents is 1. The van der Waals surface area contributed by atoms with E-state index in [1.807, 2.05) is 59.9 Å². The Labute approximate surface area is 170 Å². The number of aliphatic carboxylic acids is 1. The molecule has 0 aliphatic rings. The average molecular weight is 425 g/mol. The van der Waals surface area contributed by atoms with Crippen molar-refractivity contribution in [3.63, 3.8) is 0 Å². The monoisotopic (exact) mass is 425 g/mol. The maximum atomic E-state index is 10.6. The third-order valence-electron chi connectivity index (χ3n) is 4.19. The second-order valence-electron chi connectivity index (χ2n) is 6.77. The highest BCUT2D eigenvalue weighted by Gasteiger charge is 2.38. The predicted molar refractivity (Wildman–Crippen MR) is 103 cm³/mol. The summed E-state index contributed by atoms with van der Waals surface area (Å²) in [5.74, 6) is -2.51. The third kappa shape index (κ3) is 6.46. The van der Waals surface area contributed by atoms with E-state index in [2.05, 4.69) is 5.10 Å². The van der Waals surface area contributed by atoms with E-state index in [0.717, 1.165) is 22.3 Å². The van der Waals surface area contributed by atoms with Gasteiger partial charge in [-0.3, -0.25) is 4.90 Å². The molecule has 30 heavy (non-hydrogen) atoms. The van der Waals surface area contributed by atoms with Crippen molar-refractivity contribution in [2.24, 2.45) is 0 Å². The summed E-state index contributed by atoms with van der Waals surface area (Å²) < 4.78 is 33.6. The van der Waals surface area contributed by atoms with Gasteiger partial charge in [0.05, 0.1) is 17.3 Å². The predicted octanol–water partition coefficient (Wildman–Crippen LogP) is 3.15. The molecule has 2 aromatic heterocycles. The Morgan fingerprint density at radius 3 is 2.47 bits per heavy atom. The average Bonchev–Trinajstić information content (AvgIpc) is 3.05. The molecule has 1 unspecified atom stereocenters. The maximum absolute atomic E-state index is 10.6. The fourth-order valence-corrected chi connectivity index (χ4v) is 2.70. The van der Waals surface area contributed by atoms with Crippen molar-refractivity contribution >= 4 is 11.5 Å². The smallest absolute Gasteiger partial charge is 0.490 e. The number of carboxylic acid groups (broad SMARTS) is 1. The Morgan fingerprint density at radius 2 is 1.90 bits per heavy atom. The van der Waals surface area contributed by atoms with Crippen molar-refractivity contribution in [2.75, 3.05) is 13.6 Å². The lowest BCUT2D eigenvalue weighted by Gasteiger charge is -2.20. The molecular formula is C20H22F3N3O4. The number of carboxylic acids is 1. The number of aromatic nitrogens is 2. The van der Waals surface area contributed by atoms with Crippen molar-refractivity contribution in [3.8, 4) is 5.75 Å². The molecule has 10 heteroatoms. The Morgan fingerprint density at radius 1 is 1.23 bits per heavy atom. The van der Waals surface area contributed by atoms with Crippen LogP contribution in [0.3, 0.4) is 0 Å². The van der Waals surface area contributed by atoms with Gasteiger partial charge in [-0.1, -0.05) is 12.1 Å². The van der Waals surface area contributed by atoms with Crippen molar-refractivity contribution in [1.29, 1.82) is 0 Å². The van der Waals surface area contributed by atoms with E-state index in [1.54, 1.807) is 12.1 Å². The van der Waals surface area contributed by atoms with Crippen LogP contribution in [0, 0.1) is 6.92 Å². The van der Waals surface area contributed by atoms with Crippen molar-refractivity contribution < 1.29 is 33.3 Å². The molecule has 0 radical (unpaired) electrons. The lowest BCUT2D eigenvalue weighted by atomic mass is 10.1. The van der Waals surface area contributed by atoms with Crippen LogP contribution in [0.4, 0.5) is 13.2 Å². The Hall–Kier alpha value is -3.11. The fraction of sp³-hybridized carbons (Fsp3) is 0.300. The maximum Gasteiger partial charge on any atom is 0.490 e. The van der Waals surface area contributed by atoms with Gasteiger partial charge in [-0.05, 0) is 55.4 Å². The molecule has 7 nitrogen and oxygen atoms in total. The summed E-state index contributed by atoms with van der Waals surface area (Å²) in [6, 6.07) is 13.2. The second-order valence-corrected chi connectivity index (χ2v) is 6.77. The zero-order valence-electron chi connectivity index (χ0n) is 16.3. The van der Waals surface area contributed by atoms with Crippen LogP contribution in [-0.2, 0) is 11.3 Å². The van der Waals surface area contributed by atoms with Crippen LogP contribution >= 0.6 is 0 Å². The number of aromatic hydroxyl groups is 1. The van der Waals surface area contributed by atoms with Crippen LogP contribution in [0.5, 0.6) is 5.75 Å². The van der Waals surface area contributed by atoms with Gasteiger partial charge in [-0.25, -0.2) is 9.31 Å². The van der Waals surface area contributed by atoms with Crippen molar-refractivity contribution in [1.82, 2.24) is 14.5 Å². The number of halogens is 3. The van der Waals surface area contributed by atoms with Gasteiger partial charge in [0.1, 0.15) is 5.75 Å². The van der Waals surface area contributed by atoms with Gasteiger partial charge < -0.3 is 15.3 Å². The summed E-state index contributed by atoms with van der Waals surface area (Å²) >= 11 is 0. The summed E-state index contributed by atoms with van der Waals surface area (Å²) in [4.78, 5) is 10.9. The molecule has 0 fully saturated rings. The van der Waals surface area contributed by atoms with Crippen LogP contribution in [0.2, 0.25) is 0 Å². The lowest BCUT2D eigenvalue weighted by molar-refractivity contribution is -0.192. The fourth-order valence-electron chi connectivity index (χ4n) is 2.70. The summed E-state index contributed by atoms with van der Waals surface area (Å²) in [6.07, 6.45) is -3.76. The highest BCUT2D eigenvalue weighted by molar-refractivity contribution is 5.73. The first kappa shape index (κ1) is 23.2. The number of aryl methyl sites for hydroxylation is 1. The van der Waals surface area contributed by atoms with Gasteiger partial charge >= 0.3 is 12.1 Å². The molecule has 0 bridgehead atoms. The molecule has 162 valence electrons. The summed E-state index contributed by atoms with van der Waals surface area (Å²) in [6.45, 7) is 2.99. The highest BCUT2D eigenvalue weighted by Crippen LogP contribution is 2.22. The van der Waals surface area contributed by atoms with E-state index >= 15 is 0 Å². The number of nitrogens with zero attached hydrogens (tertiary/aromatic N) is 3. The van der Waals surface area contributed by atoms with Crippen LogP contribution in [0.25, 0.3) is 5.52 Å². The van der Waals surface area contributed by atoms with Gasteiger partial charge in [0.25, 0.3) is 0 Å². The number of hydrogen-bond acceptors (Lipinski definition) is 5. The summed E-state index contributed by atoms with van der Waals surface area (Å²) in [5.41, 5.74) is 3.60. The van der Waals surface area contributed by atoms with Crippen LogP contribution in [0.15, 0.2) is 48.7 Å². The number of rotatable bonds is 5. The molecule has 0 saturated heterocycles. The van der Waals surface area contributed by atoms with Gasteiger partial charge in [0, 0.05) is 19.3 Å². The van der Waals surface area contributed by atoms with Crippen molar-refractivity contribution in [2.45, 2.75) is 25.7 Å². The molecule has 3 aromatic rings. The van der Waals surface area contributed by atoms with E-state index in [4.69, 9.17) is 9.90 Å². The molecular weight excluding hydrogens is 403 g/mol. The number of likely N-dealkylation sites (N-methyl/N-ethyl adjacent to an activating group) is 1. The number of hydrogen-bond donors (Lipinski definition) is 3. The van der Waals surface area contributed by atoms with E-state index < -0.39 is 18.2 Å². The van der Waals surface area contributed by atoms with Gasteiger partial charge in [0.15, 0.2) is 0 Å². The molecule has 2 heterocycles. The number of benzene rings is 1. The minimum absolute atomic E-state index is 0.249. The van der Waals surface area contributed by atoms with Gasteiger partial charge in [0.2, 0.25) is 0 Å². The molecule has 0 aliphatic carbocycles. The molecule has 0 aliphatic heterocycles. The first-order valence-electron chi connectivity index (χ1n) is 8.87. The Kier molecular flexibility index (Phi) is 7.41. The third-order valence-corrected chi connectivity index (χ3v) is 4.19. The molecule has 1 aromatic carbocycles. The van der Waals surface area contributed by atoms with E-state index in [0.29, 0.717) is 13.1 Å². The first-order chi connectivity index (χ1) is 14.0. The standard InChI is InChI=1S/C18H21N3O2.C2HF3O2/c1-13-9-14(6-7-17(13)22)18(23)12-20(2)11-15-10-16-5-3-4-8-21(16)19-15;3-2(4,5)1(6)7/h3-10,18,22-23H,11-12H2,1-2H3;(H,6,7). The minimum Gasteiger partial charge on any atom is -0.508 e. The summed E-state index contributed by atoms with van der Waals surface area (Å²) in [5, 5.41) is 31.6. The van der Waals surface area contributed by atoms with Gasteiger partial charge in [-0.2, -0.15) is 18.3 Å². The summed E-state index contributed by atoms with van der Waals surface area (Å²) in [7, 11) is 1.96. The number of fused-ring (bicyclic) bond motifs is 1. The number of alkyl halides is 3.